The van der Waals surface area contributed by atoms with Crippen molar-refractivity contribution in [3.8, 4) is 0 Å². The summed E-state index contributed by atoms with van der Waals surface area (Å²) in [6, 6.07) is 0. The largest absolute Gasteiger partial charge is 0.0911 e. The highest BCUT2D eigenvalue weighted by molar-refractivity contribution is 9.70. The van der Waals surface area contributed by atoms with E-state index in [2.05, 4.69) is 62.8 Å². The Balaban J connectivity index is 3.14. The van der Waals surface area contributed by atoms with Gasteiger partial charge in [-0.2, -0.15) is 0 Å². The van der Waals surface area contributed by atoms with Gasteiger partial charge in [0.05, 0.1) is 4.57 Å². The molecule has 0 saturated heterocycles. The van der Waals surface area contributed by atoms with Crippen molar-refractivity contribution in [3.63, 3.8) is 0 Å². The zero-order chi connectivity index (χ0) is 5.86. The van der Waals surface area contributed by atoms with Crippen LogP contribution in [0.1, 0.15) is 0 Å². The Labute approximate surface area is 77.3 Å². The number of alkyl halides is 2. The van der Waals surface area contributed by atoms with Gasteiger partial charge in [-0.3, -0.25) is 0 Å². The molecule has 0 aromatic rings. The first kappa shape index (κ1) is 9.35. The Kier molecular flexibility index (Phi) is 6.89. The Morgan fingerprint density at radius 3 is 1.86 bits per heavy atom. The van der Waals surface area contributed by atoms with E-state index in [9.17, 15) is 0 Å². The molecule has 0 nitrogen and oxygen atoms in total. The Morgan fingerprint density at radius 2 is 1.86 bits per heavy atom. The van der Waals surface area contributed by atoms with Crippen LogP contribution in [0.4, 0.5) is 0 Å². The van der Waals surface area contributed by atoms with Gasteiger partial charge in [0, 0.05) is 10.7 Å². The van der Waals surface area contributed by atoms with Crippen molar-refractivity contribution >= 4 is 68.2 Å². The first-order chi connectivity index (χ1) is 3.18. The second-order valence-corrected chi connectivity index (χ2v) is 11.9. The molecule has 0 aliphatic carbocycles. The Morgan fingerprint density at radius 1 is 1.43 bits per heavy atom. The van der Waals surface area contributed by atoms with Crippen LogP contribution in [0.15, 0.2) is 0 Å². The highest BCUT2D eigenvalue weighted by atomic mass is 79.9. The van der Waals surface area contributed by atoms with Gasteiger partial charge < -0.3 is 0 Å². The van der Waals surface area contributed by atoms with Crippen LogP contribution in [0.3, 0.4) is 0 Å². The van der Waals surface area contributed by atoms with Crippen molar-refractivity contribution < 1.29 is 0 Å². The van der Waals surface area contributed by atoms with Gasteiger partial charge in [0.1, 0.15) is 0 Å². The summed E-state index contributed by atoms with van der Waals surface area (Å²) in [6.07, 6.45) is 0. The van der Waals surface area contributed by atoms with Crippen molar-refractivity contribution in [2.75, 3.05) is 5.33 Å². The van der Waals surface area contributed by atoms with E-state index in [1.165, 1.54) is 0 Å². The third kappa shape index (κ3) is 4.83. The van der Waals surface area contributed by atoms with Gasteiger partial charge in [-0.15, -0.1) is 0 Å². The van der Waals surface area contributed by atoms with E-state index in [1.807, 2.05) is 0 Å². The third-order valence-corrected chi connectivity index (χ3v) is 10.8. The topological polar surface area (TPSA) is 0 Å². The SMILES string of the molecule is BrCC(Br)P(Br)Br. The molecule has 0 N–H and O–H groups in total. The molecule has 0 spiro atoms. The van der Waals surface area contributed by atoms with Crippen LogP contribution >= 0.6 is 68.2 Å². The van der Waals surface area contributed by atoms with Crippen molar-refractivity contribution in [1.82, 2.24) is 0 Å². The first-order valence-corrected chi connectivity index (χ1v) is 8.98. The van der Waals surface area contributed by atoms with Gasteiger partial charge in [-0.1, -0.05) is 31.9 Å². The van der Waals surface area contributed by atoms with E-state index in [-0.39, 0.29) is 5.33 Å². The molecule has 0 amide bonds. The minimum absolute atomic E-state index is 0.167. The zero-order valence-corrected chi connectivity index (χ0v) is 10.5. The number of halogens is 4. The lowest BCUT2D eigenvalue weighted by atomic mass is 11.0. The lowest BCUT2D eigenvalue weighted by Gasteiger charge is -2.03. The van der Waals surface area contributed by atoms with Crippen molar-refractivity contribution in [2.45, 2.75) is 4.57 Å². The molecular weight excluding hydrogens is 375 g/mol. The summed E-state index contributed by atoms with van der Waals surface area (Å²) in [5.74, 6) is 0. The molecule has 1 atom stereocenters. The van der Waals surface area contributed by atoms with E-state index in [0.29, 0.717) is 4.57 Å². The fraction of sp³-hybridized carbons (Fsp3) is 1.00. The molecule has 0 aliphatic heterocycles. The standard InChI is InChI=1S/C2H3Br4P/c3-1-2(4)7(5)6/h2H,1H2. The van der Waals surface area contributed by atoms with E-state index < -0.39 is 0 Å². The highest BCUT2D eigenvalue weighted by Crippen LogP contribution is 2.58. The molecule has 44 valence electrons. The summed E-state index contributed by atoms with van der Waals surface area (Å²) in [5, 5.41) is 0.814. The van der Waals surface area contributed by atoms with Gasteiger partial charge in [0.15, 0.2) is 0 Å². The molecule has 0 fully saturated rings. The quantitative estimate of drug-likeness (QED) is 0.500. The van der Waals surface area contributed by atoms with Gasteiger partial charge in [-0.05, 0) is 31.0 Å². The monoisotopic (exact) mass is 374 g/mol. The van der Waals surface area contributed by atoms with Gasteiger partial charge in [0.25, 0.3) is 0 Å². The lowest BCUT2D eigenvalue weighted by Crippen LogP contribution is -1.86. The van der Waals surface area contributed by atoms with Crippen molar-refractivity contribution in [3.05, 3.63) is 0 Å². The van der Waals surface area contributed by atoms with Crippen LogP contribution < -0.4 is 0 Å². The van der Waals surface area contributed by atoms with Crippen LogP contribution in [-0.4, -0.2) is 9.90 Å². The molecule has 0 heterocycles. The zero-order valence-electron chi connectivity index (χ0n) is 3.24. The van der Waals surface area contributed by atoms with E-state index in [0.717, 1.165) is 5.33 Å². The van der Waals surface area contributed by atoms with Gasteiger partial charge >= 0.3 is 0 Å². The van der Waals surface area contributed by atoms with Crippen LogP contribution in [-0.2, 0) is 0 Å². The number of rotatable bonds is 2. The molecule has 0 saturated carbocycles. The molecule has 0 bridgehead atoms. The normalized spacial score (nSPS) is 15.0. The minimum atomic E-state index is -0.167. The van der Waals surface area contributed by atoms with E-state index >= 15 is 0 Å². The molecular formula is C2H3Br4P. The summed E-state index contributed by atoms with van der Waals surface area (Å²) in [6.45, 7) is 0. The minimum Gasteiger partial charge on any atom is -0.0911 e. The predicted octanol–water partition coefficient (Wildman–Crippen LogP) is 4.20. The predicted molar refractivity (Wildman–Crippen MR) is 51.3 cm³/mol. The number of hydrogen-bond acceptors (Lipinski definition) is 0. The summed E-state index contributed by atoms with van der Waals surface area (Å²) >= 11 is 13.6. The molecule has 0 radical (unpaired) electrons. The molecule has 0 aliphatic rings. The fourth-order valence-corrected chi connectivity index (χ4v) is 4.23. The van der Waals surface area contributed by atoms with E-state index in [4.69, 9.17) is 0 Å². The lowest BCUT2D eigenvalue weighted by molar-refractivity contribution is 1.50. The Hall–Kier alpha value is 2.35. The van der Waals surface area contributed by atoms with Crippen LogP contribution in [0.2, 0.25) is 0 Å². The molecule has 7 heavy (non-hydrogen) atoms. The fourth-order valence-electron chi connectivity index (χ4n) is 0.0522. The van der Waals surface area contributed by atoms with Crippen LogP contribution in [0, 0.1) is 0 Å². The van der Waals surface area contributed by atoms with Crippen LogP contribution in [0.25, 0.3) is 0 Å². The molecule has 5 heteroatoms. The average Bonchev–Trinajstić information content (AvgIpc) is 1.65. The third-order valence-electron chi connectivity index (χ3n) is 0.339. The molecule has 0 aromatic carbocycles. The summed E-state index contributed by atoms with van der Waals surface area (Å²) in [5.41, 5.74) is 0. The molecule has 0 rings (SSSR count). The van der Waals surface area contributed by atoms with Gasteiger partial charge in [-0.25, -0.2) is 0 Å². The maximum Gasteiger partial charge on any atom is 0.0639 e. The summed E-state index contributed by atoms with van der Waals surface area (Å²) in [4.78, 5) is 0. The van der Waals surface area contributed by atoms with Crippen molar-refractivity contribution in [2.24, 2.45) is 0 Å². The number of hydrogen-bond donors (Lipinski definition) is 0. The van der Waals surface area contributed by atoms with Gasteiger partial charge in [0.2, 0.25) is 0 Å². The average molecular weight is 378 g/mol. The highest BCUT2D eigenvalue weighted by Gasteiger charge is 2.08. The van der Waals surface area contributed by atoms with Crippen molar-refractivity contribution in [1.29, 1.82) is 0 Å². The molecule has 0 aromatic heterocycles. The van der Waals surface area contributed by atoms with Crippen LogP contribution in [0.5, 0.6) is 0 Å². The summed E-state index contributed by atoms with van der Waals surface area (Å²) in [7, 11) is 0. The van der Waals surface area contributed by atoms with E-state index in [1.54, 1.807) is 0 Å². The summed E-state index contributed by atoms with van der Waals surface area (Å²) < 4.78 is 0.530. The molecule has 1 unspecified atom stereocenters. The maximum absolute atomic E-state index is 3.43. The second-order valence-electron chi connectivity index (χ2n) is 0.848. The first-order valence-electron chi connectivity index (χ1n) is 1.49. The Bertz CT molecular complexity index is 47.0. The smallest absolute Gasteiger partial charge is 0.0639 e. The second kappa shape index (κ2) is 5.16. The maximum atomic E-state index is 3.43.